The van der Waals surface area contributed by atoms with Gasteiger partial charge in [-0.2, -0.15) is 0 Å². The van der Waals surface area contributed by atoms with Gasteiger partial charge in [0, 0.05) is 13.0 Å². The molecule has 0 spiro atoms. The molecule has 4 heteroatoms. The van der Waals surface area contributed by atoms with Gasteiger partial charge in [0.15, 0.2) is 0 Å². The van der Waals surface area contributed by atoms with Gasteiger partial charge in [-0.15, -0.1) is 0 Å². The predicted octanol–water partition coefficient (Wildman–Crippen LogP) is 3.49. The van der Waals surface area contributed by atoms with Crippen LogP contribution >= 0.6 is 0 Å². The second-order valence-corrected chi connectivity index (χ2v) is 6.08. The largest absolute Gasteiger partial charge is 0.481 e. The molecular formula is C16H22N2O2. The topological polar surface area (TPSA) is 55.1 Å². The van der Waals surface area contributed by atoms with E-state index in [4.69, 9.17) is 10.1 Å². The summed E-state index contributed by atoms with van der Waals surface area (Å²) in [4.78, 5) is 15.7. The number of carboxylic acids is 1. The summed E-state index contributed by atoms with van der Waals surface area (Å²) >= 11 is 0. The van der Waals surface area contributed by atoms with E-state index < -0.39 is 5.97 Å². The van der Waals surface area contributed by atoms with E-state index in [2.05, 4.69) is 17.6 Å². The van der Waals surface area contributed by atoms with Crippen LogP contribution in [0.15, 0.2) is 24.3 Å². The maximum Gasteiger partial charge on any atom is 0.303 e. The molecule has 108 valence electrons. The van der Waals surface area contributed by atoms with E-state index in [0.717, 1.165) is 29.8 Å². The Morgan fingerprint density at radius 1 is 1.35 bits per heavy atom. The summed E-state index contributed by atoms with van der Waals surface area (Å²) in [5.74, 6) is 0.229. The normalized spacial score (nSPS) is 11.9. The SMILES string of the molecule is CCCn1c(CC(C)(C)CC(=O)O)nc2ccccc21. The van der Waals surface area contributed by atoms with Gasteiger partial charge in [0.05, 0.1) is 17.5 Å². The quantitative estimate of drug-likeness (QED) is 0.877. The summed E-state index contributed by atoms with van der Waals surface area (Å²) in [5, 5.41) is 9.01. The Morgan fingerprint density at radius 3 is 2.70 bits per heavy atom. The number of hydrogen-bond donors (Lipinski definition) is 1. The van der Waals surface area contributed by atoms with E-state index >= 15 is 0 Å². The number of carbonyl (C=O) groups is 1. The van der Waals surface area contributed by atoms with Gasteiger partial charge in [0.1, 0.15) is 5.82 Å². The molecule has 0 aliphatic rings. The van der Waals surface area contributed by atoms with Crippen molar-refractivity contribution in [2.75, 3.05) is 0 Å². The lowest BCUT2D eigenvalue weighted by Gasteiger charge is -2.22. The van der Waals surface area contributed by atoms with Crippen LogP contribution in [0, 0.1) is 5.41 Å². The van der Waals surface area contributed by atoms with E-state index in [1.807, 2.05) is 32.0 Å². The van der Waals surface area contributed by atoms with Crippen LogP contribution in [0.3, 0.4) is 0 Å². The van der Waals surface area contributed by atoms with Crippen molar-refractivity contribution >= 4 is 17.0 Å². The highest BCUT2D eigenvalue weighted by Crippen LogP contribution is 2.27. The van der Waals surface area contributed by atoms with E-state index in [-0.39, 0.29) is 11.8 Å². The van der Waals surface area contributed by atoms with Gasteiger partial charge in [-0.1, -0.05) is 32.9 Å². The van der Waals surface area contributed by atoms with Gasteiger partial charge >= 0.3 is 5.97 Å². The summed E-state index contributed by atoms with van der Waals surface area (Å²) in [6, 6.07) is 8.08. The van der Waals surface area contributed by atoms with Gasteiger partial charge in [-0.05, 0) is 24.0 Å². The van der Waals surface area contributed by atoms with E-state index in [1.54, 1.807) is 0 Å². The summed E-state index contributed by atoms with van der Waals surface area (Å²) in [5.41, 5.74) is 1.83. The first-order valence-electron chi connectivity index (χ1n) is 7.09. The number of benzene rings is 1. The van der Waals surface area contributed by atoms with Crippen LogP contribution in [0.25, 0.3) is 11.0 Å². The average molecular weight is 274 g/mol. The molecule has 0 fully saturated rings. The summed E-state index contributed by atoms with van der Waals surface area (Å²) in [6.07, 6.45) is 1.86. The molecule has 1 aromatic heterocycles. The fourth-order valence-electron chi connectivity index (χ4n) is 2.63. The summed E-state index contributed by atoms with van der Waals surface area (Å²) < 4.78 is 2.22. The zero-order valence-corrected chi connectivity index (χ0v) is 12.4. The lowest BCUT2D eigenvalue weighted by molar-refractivity contribution is -0.139. The standard InChI is InChI=1S/C16H22N2O2/c1-4-9-18-13-8-6-5-7-12(13)17-14(18)10-16(2,3)11-15(19)20/h5-8H,4,9-11H2,1-3H3,(H,19,20). The first-order chi connectivity index (χ1) is 9.43. The second kappa shape index (κ2) is 5.65. The van der Waals surface area contributed by atoms with Crippen LogP contribution in [-0.4, -0.2) is 20.6 Å². The molecule has 0 atom stereocenters. The number of para-hydroxylation sites is 2. The molecule has 0 saturated carbocycles. The lowest BCUT2D eigenvalue weighted by atomic mass is 9.85. The van der Waals surface area contributed by atoms with Crippen LogP contribution < -0.4 is 0 Å². The third-order valence-corrected chi connectivity index (χ3v) is 3.45. The molecule has 1 aromatic carbocycles. The van der Waals surface area contributed by atoms with Crippen LogP contribution in [0.2, 0.25) is 0 Å². The predicted molar refractivity (Wildman–Crippen MR) is 79.8 cm³/mol. The van der Waals surface area contributed by atoms with Crippen molar-refractivity contribution in [2.45, 2.75) is 46.6 Å². The number of aromatic nitrogens is 2. The van der Waals surface area contributed by atoms with Gasteiger partial charge in [-0.3, -0.25) is 4.79 Å². The fraction of sp³-hybridized carbons (Fsp3) is 0.500. The monoisotopic (exact) mass is 274 g/mol. The molecule has 2 aromatic rings. The van der Waals surface area contributed by atoms with Gasteiger partial charge in [0.2, 0.25) is 0 Å². The Bertz CT molecular complexity index is 614. The number of imidazole rings is 1. The molecule has 0 radical (unpaired) electrons. The van der Waals surface area contributed by atoms with Crippen molar-refractivity contribution in [1.29, 1.82) is 0 Å². The number of nitrogens with zero attached hydrogens (tertiary/aromatic N) is 2. The van der Waals surface area contributed by atoms with E-state index in [9.17, 15) is 4.79 Å². The molecule has 20 heavy (non-hydrogen) atoms. The first-order valence-corrected chi connectivity index (χ1v) is 7.09. The Hall–Kier alpha value is -1.84. The van der Waals surface area contributed by atoms with Gasteiger partial charge < -0.3 is 9.67 Å². The van der Waals surface area contributed by atoms with E-state index in [0.29, 0.717) is 6.42 Å². The Labute approximate surface area is 119 Å². The number of aliphatic carboxylic acids is 1. The number of hydrogen-bond acceptors (Lipinski definition) is 2. The van der Waals surface area contributed by atoms with Crippen molar-refractivity contribution < 1.29 is 9.90 Å². The number of aryl methyl sites for hydroxylation is 1. The van der Waals surface area contributed by atoms with Crippen LogP contribution in [0.1, 0.15) is 39.4 Å². The molecule has 0 bridgehead atoms. The molecular weight excluding hydrogens is 252 g/mol. The molecule has 0 unspecified atom stereocenters. The lowest BCUT2D eigenvalue weighted by Crippen LogP contribution is -2.22. The zero-order chi connectivity index (χ0) is 14.8. The minimum Gasteiger partial charge on any atom is -0.481 e. The number of rotatable bonds is 6. The van der Waals surface area contributed by atoms with Crippen molar-refractivity contribution in [1.82, 2.24) is 9.55 Å². The average Bonchev–Trinajstić information content (AvgIpc) is 2.65. The van der Waals surface area contributed by atoms with Crippen molar-refractivity contribution in [3.05, 3.63) is 30.1 Å². The minimum atomic E-state index is -0.756. The maximum absolute atomic E-state index is 11.0. The smallest absolute Gasteiger partial charge is 0.303 e. The third-order valence-electron chi connectivity index (χ3n) is 3.45. The fourth-order valence-corrected chi connectivity index (χ4v) is 2.63. The highest BCUT2D eigenvalue weighted by Gasteiger charge is 2.25. The zero-order valence-electron chi connectivity index (χ0n) is 12.4. The maximum atomic E-state index is 11.0. The highest BCUT2D eigenvalue weighted by molar-refractivity contribution is 5.76. The Kier molecular flexibility index (Phi) is 4.12. The number of fused-ring (bicyclic) bond motifs is 1. The minimum absolute atomic E-state index is 0.155. The van der Waals surface area contributed by atoms with E-state index in [1.165, 1.54) is 0 Å². The second-order valence-electron chi connectivity index (χ2n) is 6.08. The molecule has 4 nitrogen and oxygen atoms in total. The molecule has 0 aliphatic carbocycles. The first kappa shape index (κ1) is 14.6. The van der Waals surface area contributed by atoms with Crippen LogP contribution in [-0.2, 0) is 17.8 Å². The van der Waals surface area contributed by atoms with Crippen molar-refractivity contribution in [3.63, 3.8) is 0 Å². The molecule has 0 aliphatic heterocycles. The van der Waals surface area contributed by atoms with Crippen LogP contribution in [0.4, 0.5) is 0 Å². The summed E-state index contributed by atoms with van der Waals surface area (Å²) in [7, 11) is 0. The molecule has 0 amide bonds. The number of carboxylic acid groups (broad SMARTS) is 1. The Morgan fingerprint density at radius 2 is 2.05 bits per heavy atom. The van der Waals surface area contributed by atoms with Crippen LogP contribution in [0.5, 0.6) is 0 Å². The molecule has 1 heterocycles. The van der Waals surface area contributed by atoms with Crippen molar-refractivity contribution in [3.8, 4) is 0 Å². The third kappa shape index (κ3) is 3.18. The molecule has 0 saturated heterocycles. The van der Waals surface area contributed by atoms with Gasteiger partial charge in [0.25, 0.3) is 0 Å². The van der Waals surface area contributed by atoms with Crippen molar-refractivity contribution in [2.24, 2.45) is 5.41 Å². The molecule has 2 rings (SSSR count). The van der Waals surface area contributed by atoms with Gasteiger partial charge in [-0.25, -0.2) is 4.98 Å². The summed E-state index contributed by atoms with van der Waals surface area (Å²) in [6.45, 7) is 7.02. The molecule has 1 N–H and O–H groups in total. The Balaban J connectivity index is 2.38. The highest BCUT2D eigenvalue weighted by atomic mass is 16.4.